The first-order valence-electron chi connectivity index (χ1n) is 2.99. The van der Waals surface area contributed by atoms with Gasteiger partial charge in [-0.3, -0.25) is 0 Å². The van der Waals surface area contributed by atoms with Crippen LogP contribution in [0.25, 0.3) is 0 Å². The highest BCUT2D eigenvalue weighted by molar-refractivity contribution is 6.13. The van der Waals surface area contributed by atoms with Crippen molar-refractivity contribution < 1.29 is 0 Å². The van der Waals surface area contributed by atoms with Crippen LogP contribution in [-0.4, -0.2) is 21.4 Å². The molecule has 1 saturated carbocycles. The molecule has 0 radical (unpaired) electrons. The molecule has 1 rings (SSSR count). The first kappa shape index (κ1) is 5.17. The third-order valence-corrected chi connectivity index (χ3v) is 1.74. The van der Waals surface area contributed by atoms with Gasteiger partial charge in [-0.25, -0.2) is 0 Å². The molecule has 1 aliphatic rings. The molecule has 1 aliphatic carbocycles. The van der Waals surface area contributed by atoms with E-state index < -0.39 is 0 Å². The van der Waals surface area contributed by atoms with E-state index in [1.807, 2.05) is 7.05 Å². The van der Waals surface area contributed by atoms with E-state index in [0.29, 0.717) is 0 Å². The lowest BCUT2D eigenvalue weighted by Crippen LogP contribution is -2.09. The molecule has 0 amide bonds. The molecule has 0 bridgehead atoms. The molecule has 1 N–H and O–H groups in total. The van der Waals surface area contributed by atoms with Gasteiger partial charge in [-0.2, -0.15) is 0 Å². The highest BCUT2D eigenvalue weighted by atomic mass is 14.8. The molecule has 2 heteroatoms. The van der Waals surface area contributed by atoms with Crippen molar-refractivity contribution in [3.8, 4) is 0 Å². The smallest absolute Gasteiger partial charge is 0.105 e. The zero-order valence-corrected chi connectivity index (χ0v) is 5.07. The molecule has 2 unspecified atom stereocenters. The third-order valence-electron chi connectivity index (χ3n) is 1.74. The lowest BCUT2D eigenvalue weighted by atomic mass is 10.0. The summed E-state index contributed by atoms with van der Waals surface area (Å²) < 4.78 is 0. The minimum absolute atomic E-state index is 1.00. The molecule has 2 atom stereocenters. The van der Waals surface area contributed by atoms with Crippen molar-refractivity contribution in [1.29, 1.82) is 0 Å². The Labute approximate surface area is 45.9 Å². The zero-order chi connectivity index (χ0) is 5.28. The number of rotatable bonds is 2. The predicted octanol–water partition coefficient (Wildman–Crippen LogP) is -0.353. The highest BCUT2D eigenvalue weighted by Gasteiger charge is 2.30. The van der Waals surface area contributed by atoms with Gasteiger partial charge in [-0.15, -0.1) is 0 Å². The van der Waals surface area contributed by atoms with Crippen molar-refractivity contribution in [3.05, 3.63) is 0 Å². The fourth-order valence-electron chi connectivity index (χ4n) is 0.946. The molecule has 1 nitrogen and oxygen atoms in total. The molecule has 0 aromatic heterocycles. The average molecular weight is 97.0 g/mol. The molecular formula is C5H12BN. The number of hydrogen-bond acceptors (Lipinski definition) is 1. The van der Waals surface area contributed by atoms with E-state index in [1.54, 1.807) is 0 Å². The van der Waals surface area contributed by atoms with E-state index >= 15 is 0 Å². The number of hydrogen-bond donors (Lipinski definition) is 1. The molecular weight excluding hydrogens is 84.9 g/mol. The van der Waals surface area contributed by atoms with Crippen molar-refractivity contribution in [2.24, 2.45) is 5.92 Å². The van der Waals surface area contributed by atoms with Crippen molar-refractivity contribution in [3.63, 3.8) is 0 Å². The van der Waals surface area contributed by atoms with Crippen LogP contribution in [0.1, 0.15) is 6.42 Å². The minimum Gasteiger partial charge on any atom is -0.319 e. The van der Waals surface area contributed by atoms with Gasteiger partial charge in [0.05, 0.1) is 0 Å². The molecule has 1 fully saturated rings. The maximum atomic E-state index is 3.16. The van der Waals surface area contributed by atoms with Crippen molar-refractivity contribution in [2.45, 2.75) is 12.2 Å². The second-order valence-electron chi connectivity index (χ2n) is 2.53. The minimum atomic E-state index is 1.00. The quantitative estimate of drug-likeness (QED) is 0.464. The lowest BCUT2D eigenvalue weighted by molar-refractivity contribution is 0.717. The third kappa shape index (κ3) is 1.20. The van der Waals surface area contributed by atoms with E-state index in [2.05, 4.69) is 13.2 Å². The monoisotopic (exact) mass is 97.1 g/mol. The van der Waals surface area contributed by atoms with Crippen molar-refractivity contribution in [2.75, 3.05) is 13.6 Å². The Morgan fingerprint density at radius 3 is 2.57 bits per heavy atom. The maximum absolute atomic E-state index is 3.16. The second kappa shape index (κ2) is 1.87. The SMILES string of the molecule is BC1CC1CNC. The van der Waals surface area contributed by atoms with E-state index in [0.717, 1.165) is 11.7 Å². The van der Waals surface area contributed by atoms with E-state index in [1.165, 1.54) is 13.0 Å². The standard InChI is InChI=1S/C5H12BN/c1-7-3-4-2-5(4)6/h4-5,7H,2-3,6H2,1H3. The average Bonchev–Trinajstić information content (AvgIpc) is 2.22. The molecule has 7 heavy (non-hydrogen) atoms. The van der Waals surface area contributed by atoms with Crippen LogP contribution in [0.3, 0.4) is 0 Å². The van der Waals surface area contributed by atoms with Crippen LogP contribution in [0, 0.1) is 5.92 Å². The predicted molar refractivity (Wildman–Crippen MR) is 34.3 cm³/mol. The topological polar surface area (TPSA) is 12.0 Å². The van der Waals surface area contributed by atoms with E-state index in [4.69, 9.17) is 0 Å². The van der Waals surface area contributed by atoms with E-state index in [-0.39, 0.29) is 0 Å². The maximum Gasteiger partial charge on any atom is 0.105 e. The van der Waals surface area contributed by atoms with Crippen molar-refractivity contribution in [1.82, 2.24) is 5.32 Å². The summed E-state index contributed by atoms with van der Waals surface area (Å²) in [5.41, 5.74) is 0. The lowest BCUT2D eigenvalue weighted by Gasteiger charge is -1.90. The fraction of sp³-hybridized carbons (Fsp3) is 1.00. The van der Waals surface area contributed by atoms with Crippen LogP contribution >= 0.6 is 0 Å². The summed E-state index contributed by atoms with van der Waals surface area (Å²) in [6, 6.07) is 0. The van der Waals surface area contributed by atoms with Gasteiger partial charge in [-0.1, -0.05) is 12.2 Å². The Hall–Kier alpha value is 0.0249. The van der Waals surface area contributed by atoms with Gasteiger partial charge in [0.2, 0.25) is 0 Å². The number of nitrogens with one attached hydrogen (secondary N) is 1. The van der Waals surface area contributed by atoms with E-state index in [9.17, 15) is 0 Å². The molecule has 0 spiro atoms. The van der Waals surface area contributed by atoms with Crippen molar-refractivity contribution >= 4 is 7.85 Å². The van der Waals surface area contributed by atoms with Crippen LogP contribution in [-0.2, 0) is 0 Å². The first-order chi connectivity index (χ1) is 3.34. The van der Waals surface area contributed by atoms with Gasteiger partial charge in [0, 0.05) is 0 Å². The van der Waals surface area contributed by atoms with Gasteiger partial charge in [-0.05, 0) is 19.5 Å². The Balaban J connectivity index is 1.98. The molecule has 0 aromatic carbocycles. The summed E-state index contributed by atoms with van der Waals surface area (Å²) >= 11 is 0. The fourth-order valence-corrected chi connectivity index (χ4v) is 0.946. The van der Waals surface area contributed by atoms with Gasteiger partial charge in [0.1, 0.15) is 7.85 Å². The summed E-state index contributed by atoms with van der Waals surface area (Å²) in [5, 5.41) is 3.16. The Kier molecular flexibility index (Phi) is 1.38. The highest BCUT2D eigenvalue weighted by Crippen LogP contribution is 2.40. The molecule has 0 aromatic rings. The Morgan fingerprint density at radius 1 is 1.86 bits per heavy atom. The van der Waals surface area contributed by atoms with Crippen LogP contribution in [0.2, 0.25) is 5.82 Å². The van der Waals surface area contributed by atoms with Gasteiger partial charge in [0.15, 0.2) is 0 Å². The second-order valence-corrected chi connectivity index (χ2v) is 2.53. The molecule has 40 valence electrons. The molecule has 0 saturated heterocycles. The first-order valence-corrected chi connectivity index (χ1v) is 2.99. The Bertz CT molecular complexity index is 65.1. The van der Waals surface area contributed by atoms with Gasteiger partial charge in [0.25, 0.3) is 0 Å². The van der Waals surface area contributed by atoms with Crippen LogP contribution < -0.4 is 5.32 Å². The summed E-state index contributed by atoms with van der Waals surface area (Å²) in [4.78, 5) is 0. The zero-order valence-electron chi connectivity index (χ0n) is 5.07. The molecule has 0 heterocycles. The summed E-state index contributed by atoms with van der Waals surface area (Å²) in [7, 11) is 4.33. The summed E-state index contributed by atoms with van der Waals surface area (Å²) in [6.07, 6.45) is 1.45. The summed E-state index contributed by atoms with van der Waals surface area (Å²) in [6.45, 7) is 1.22. The van der Waals surface area contributed by atoms with Gasteiger partial charge >= 0.3 is 0 Å². The molecule has 0 aliphatic heterocycles. The van der Waals surface area contributed by atoms with Crippen LogP contribution in [0.5, 0.6) is 0 Å². The normalized spacial score (nSPS) is 38.4. The van der Waals surface area contributed by atoms with Crippen LogP contribution in [0.4, 0.5) is 0 Å². The van der Waals surface area contributed by atoms with Gasteiger partial charge < -0.3 is 5.32 Å². The summed E-state index contributed by atoms with van der Waals surface area (Å²) in [5.74, 6) is 2.01. The Morgan fingerprint density at radius 2 is 2.43 bits per heavy atom. The largest absolute Gasteiger partial charge is 0.319 e. The van der Waals surface area contributed by atoms with Crippen LogP contribution in [0.15, 0.2) is 0 Å².